The molecule has 1 saturated heterocycles. The van der Waals surface area contributed by atoms with Gasteiger partial charge in [0.05, 0.1) is 0 Å². The van der Waals surface area contributed by atoms with Crippen molar-refractivity contribution in [1.82, 2.24) is 14.9 Å². The number of nitrogens with zero attached hydrogens (tertiary/aromatic N) is 3. The van der Waals surface area contributed by atoms with Crippen molar-refractivity contribution in [2.75, 3.05) is 39.3 Å². The Kier molecular flexibility index (Phi) is 7.71. The van der Waals surface area contributed by atoms with Crippen molar-refractivity contribution in [2.45, 2.75) is 32.7 Å². The van der Waals surface area contributed by atoms with Gasteiger partial charge < -0.3 is 0 Å². The molecule has 27 heavy (non-hydrogen) atoms. The Labute approximate surface area is 169 Å². The molecule has 1 fully saturated rings. The van der Waals surface area contributed by atoms with Crippen molar-refractivity contribution >= 4 is 11.6 Å². The molecule has 1 aliphatic rings. The highest BCUT2D eigenvalue weighted by molar-refractivity contribution is 6.30. The van der Waals surface area contributed by atoms with Crippen molar-refractivity contribution in [3.05, 3.63) is 70.7 Å². The second-order valence-corrected chi connectivity index (χ2v) is 7.74. The molecule has 0 aliphatic carbocycles. The van der Waals surface area contributed by atoms with E-state index in [0.717, 1.165) is 57.1 Å². The number of rotatable bonds is 8. The van der Waals surface area contributed by atoms with Gasteiger partial charge >= 0.3 is 0 Å². The summed E-state index contributed by atoms with van der Waals surface area (Å²) in [5.74, 6) is 0. The minimum atomic E-state index is 0.504. The van der Waals surface area contributed by atoms with Crippen LogP contribution in [0.15, 0.2) is 54.6 Å². The largest absolute Gasteiger partial charge is 0.297 e. The zero-order chi connectivity index (χ0) is 19.1. The maximum Gasteiger partial charge on any atom is 0.0408 e. The normalized spacial score (nSPS) is 17.3. The van der Waals surface area contributed by atoms with Gasteiger partial charge in [-0.2, -0.15) is 0 Å². The van der Waals surface area contributed by atoms with Gasteiger partial charge in [-0.1, -0.05) is 67.9 Å². The molecule has 1 aliphatic heterocycles. The van der Waals surface area contributed by atoms with E-state index in [2.05, 4.69) is 77.3 Å². The molecule has 2 aromatic rings. The molecule has 0 N–H and O–H groups in total. The molecule has 3 nitrogen and oxygen atoms in total. The first kappa shape index (κ1) is 20.3. The highest BCUT2D eigenvalue weighted by atomic mass is 35.5. The lowest BCUT2D eigenvalue weighted by atomic mass is 9.97. The van der Waals surface area contributed by atoms with E-state index >= 15 is 0 Å². The highest BCUT2D eigenvalue weighted by Gasteiger charge is 2.26. The van der Waals surface area contributed by atoms with Crippen molar-refractivity contribution in [3.63, 3.8) is 0 Å². The van der Waals surface area contributed by atoms with Gasteiger partial charge in [-0.15, -0.1) is 0 Å². The van der Waals surface area contributed by atoms with Crippen LogP contribution in [0.2, 0.25) is 5.02 Å². The summed E-state index contributed by atoms with van der Waals surface area (Å²) in [4.78, 5) is 2.67. The molecule has 0 amide bonds. The maximum atomic E-state index is 6.23. The number of hydrogen-bond acceptors (Lipinski definition) is 3. The average Bonchev–Trinajstić information content (AvgIpc) is 2.70. The fourth-order valence-electron chi connectivity index (χ4n) is 4.14. The fourth-order valence-corrected chi connectivity index (χ4v) is 4.35. The standard InChI is InChI=1S/C23H32ClN3/c1-3-26(4-2)27-15-13-25(14-16-27)23(18-20-9-6-5-7-10-20)19-21-11-8-12-22(24)17-21/h5-12,17,23H,3-4,13-16,18-19H2,1-2H3. The van der Waals surface area contributed by atoms with E-state index in [4.69, 9.17) is 11.6 Å². The molecule has 146 valence electrons. The molecule has 1 unspecified atom stereocenters. The second kappa shape index (κ2) is 10.2. The van der Waals surface area contributed by atoms with Crippen LogP contribution in [0.25, 0.3) is 0 Å². The summed E-state index contributed by atoms with van der Waals surface area (Å²) in [6, 6.07) is 19.7. The highest BCUT2D eigenvalue weighted by Crippen LogP contribution is 2.19. The smallest absolute Gasteiger partial charge is 0.0408 e. The van der Waals surface area contributed by atoms with Crippen LogP contribution in [-0.2, 0) is 12.8 Å². The molecule has 1 heterocycles. The number of hydrogen-bond donors (Lipinski definition) is 0. The van der Waals surface area contributed by atoms with E-state index in [1.165, 1.54) is 11.1 Å². The first-order valence-corrected chi connectivity index (χ1v) is 10.6. The Hall–Kier alpha value is -1.39. The van der Waals surface area contributed by atoms with Crippen molar-refractivity contribution in [1.29, 1.82) is 0 Å². The van der Waals surface area contributed by atoms with E-state index in [1.54, 1.807) is 0 Å². The Morgan fingerprint density at radius 2 is 1.48 bits per heavy atom. The lowest BCUT2D eigenvalue weighted by molar-refractivity contribution is -0.0577. The third-order valence-corrected chi connectivity index (χ3v) is 5.85. The van der Waals surface area contributed by atoms with Crippen molar-refractivity contribution in [2.24, 2.45) is 0 Å². The summed E-state index contributed by atoms with van der Waals surface area (Å²) in [5.41, 5.74) is 2.74. The topological polar surface area (TPSA) is 9.72 Å². The lowest BCUT2D eigenvalue weighted by Gasteiger charge is -2.43. The first-order valence-electron chi connectivity index (χ1n) is 10.2. The van der Waals surface area contributed by atoms with Gasteiger partial charge in [0, 0.05) is 50.3 Å². The van der Waals surface area contributed by atoms with E-state index in [9.17, 15) is 0 Å². The molecule has 2 aromatic carbocycles. The zero-order valence-corrected chi connectivity index (χ0v) is 17.4. The molecule has 1 atom stereocenters. The summed E-state index contributed by atoms with van der Waals surface area (Å²) >= 11 is 6.23. The molecule has 4 heteroatoms. The maximum absolute atomic E-state index is 6.23. The summed E-state index contributed by atoms with van der Waals surface area (Å²) < 4.78 is 0. The lowest BCUT2D eigenvalue weighted by Crippen LogP contribution is -2.56. The van der Waals surface area contributed by atoms with Crippen LogP contribution in [0.3, 0.4) is 0 Å². The third-order valence-electron chi connectivity index (χ3n) is 5.61. The Balaban J connectivity index is 1.70. The molecule has 0 bridgehead atoms. The van der Waals surface area contributed by atoms with Gasteiger partial charge in [0.25, 0.3) is 0 Å². The second-order valence-electron chi connectivity index (χ2n) is 7.31. The monoisotopic (exact) mass is 385 g/mol. The molecular formula is C23H32ClN3. The predicted octanol–water partition coefficient (Wildman–Crippen LogP) is 4.37. The summed E-state index contributed by atoms with van der Waals surface area (Å²) in [6.07, 6.45) is 2.12. The first-order chi connectivity index (χ1) is 13.2. The van der Waals surface area contributed by atoms with Crippen LogP contribution >= 0.6 is 11.6 Å². The zero-order valence-electron chi connectivity index (χ0n) is 16.6. The van der Waals surface area contributed by atoms with Gasteiger partial charge in [-0.25, -0.2) is 10.0 Å². The van der Waals surface area contributed by atoms with Crippen LogP contribution in [-0.4, -0.2) is 60.2 Å². The van der Waals surface area contributed by atoms with E-state index in [-0.39, 0.29) is 0 Å². The third kappa shape index (κ3) is 5.79. The van der Waals surface area contributed by atoms with Gasteiger partial charge in [0.1, 0.15) is 0 Å². The Morgan fingerprint density at radius 3 is 2.11 bits per heavy atom. The molecule has 0 radical (unpaired) electrons. The van der Waals surface area contributed by atoms with Crippen molar-refractivity contribution in [3.8, 4) is 0 Å². The van der Waals surface area contributed by atoms with Gasteiger partial charge in [0.2, 0.25) is 0 Å². The summed E-state index contributed by atoms with van der Waals surface area (Å²) in [6.45, 7) is 11.1. The molecular weight excluding hydrogens is 354 g/mol. The van der Waals surface area contributed by atoms with Crippen LogP contribution in [0, 0.1) is 0 Å². The summed E-state index contributed by atoms with van der Waals surface area (Å²) in [5, 5.41) is 5.81. The van der Waals surface area contributed by atoms with Gasteiger partial charge in [-0.3, -0.25) is 4.90 Å². The molecule has 3 rings (SSSR count). The fraction of sp³-hybridized carbons (Fsp3) is 0.478. The minimum absolute atomic E-state index is 0.504. The predicted molar refractivity (Wildman–Crippen MR) is 115 cm³/mol. The summed E-state index contributed by atoms with van der Waals surface area (Å²) in [7, 11) is 0. The Morgan fingerprint density at radius 1 is 0.852 bits per heavy atom. The van der Waals surface area contributed by atoms with E-state index < -0.39 is 0 Å². The van der Waals surface area contributed by atoms with Crippen LogP contribution in [0.5, 0.6) is 0 Å². The van der Waals surface area contributed by atoms with Crippen LogP contribution < -0.4 is 0 Å². The van der Waals surface area contributed by atoms with Crippen LogP contribution in [0.4, 0.5) is 0 Å². The SMILES string of the molecule is CCN(CC)N1CCN(C(Cc2ccccc2)Cc2cccc(Cl)c2)CC1. The molecule has 0 spiro atoms. The molecule has 0 saturated carbocycles. The number of hydrazine groups is 1. The molecule has 0 aromatic heterocycles. The number of piperazine rings is 1. The minimum Gasteiger partial charge on any atom is -0.297 e. The Bertz CT molecular complexity index is 679. The van der Waals surface area contributed by atoms with Gasteiger partial charge in [-0.05, 0) is 36.1 Å². The van der Waals surface area contributed by atoms with Crippen molar-refractivity contribution < 1.29 is 0 Å². The van der Waals surface area contributed by atoms with Gasteiger partial charge in [0.15, 0.2) is 0 Å². The van der Waals surface area contributed by atoms with Crippen LogP contribution in [0.1, 0.15) is 25.0 Å². The quantitative estimate of drug-likeness (QED) is 0.668. The number of halogens is 1. The van der Waals surface area contributed by atoms with E-state index in [0.29, 0.717) is 6.04 Å². The van der Waals surface area contributed by atoms with E-state index in [1.807, 2.05) is 6.07 Å². The average molecular weight is 386 g/mol. The number of benzene rings is 2.